The van der Waals surface area contributed by atoms with Crippen molar-refractivity contribution in [3.8, 4) is 0 Å². The smallest absolute Gasteiger partial charge is 0.254 e. The van der Waals surface area contributed by atoms with E-state index in [0.29, 0.717) is 16.4 Å². The highest BCUT2D eigenvalue weighted by Crippen LogP contribution is 2.48. The first-order valence-electron chi connectivity index (χ1n) is 8.44. The lowest BCUT2D eigenvalue weighted by atomic mass is 10.2. The van der Waals surface area contributed by atoms with Gasteiger partial charge in [0.25, 0.3) is 5.56 Å². The van der Waals surface area contributed by atoms with Crippen LogP contribution in [0.1, 0.15) is 11.3 Å². The molecular weight excluding hydrogens is 378 g/mol. The average Bonchev–Trinajstić information content (AvgIpc) is 2.68. The molecule has 1 N–H and O–H groups in total. The Labute approximate surface area is 165 Å². The monoisotopic (exact) mass is 395 g/mol. The minimum absolute atomic E-state index is 0.0546. The number of hydrogen-bond acceptors (Lipinski definition) is 5. The van der Waals surface area contributed by atoms with Gasteiger partial charge in [0.05, 0.1) is 17.1 Å². The number of aromatic amines is 1. The minimum atomic E-state index is -0.164. The van der Waals surface area contributed by atoms with Crippen LogP contribution in [0.4, 0.5) is 11.4 Å². The maximum Gasteiger partial charge on any atom is 0.254 e. The van der Waals surface area contributed by atoms with E-state index in [2.05, 4.69) is 9.97 Å². The molecule has 3 aromatic rings. The Kier molecular flexibility index (Phi) is 4.80. The molecule has 1 aliphatic rings. The van der Waals surface area contributed by atoms with Gasteiger partial charge in [-0.25, -0.2) is 4.98 Å². The standard InChI is InChI=1S/C20H17N3O2S2/c1-12-13(2)21-20(22-19(12)25)26-11-18(24)23-14-7-3-5-9-16(14)27-17-10-6-4-8-15(17)23/h3-10H,11H2,1-2H3,(H,21,22,25). The van der Waals surface area contributed by atoms with E-state index in [0.717, 1.165) is 21.2 Å². The van der Waals surface area contributed by atoms with Gasteiger partial charge in [-0.2, -0.15) is 0 Å². The predicted molar refractivity (Wildman–Crippen MR) is 109 cm³/mol. The van der Waals surface area contributed by atoms with Gasteiger partial charge in [0.15, 0.2) is 5.16 Å². The van der Waals surface area contributed by atoms with E-state index >= 15 is 0 Å². The van der Waals surface area contributed by atoms with Crippen LogP contribution in [-0.4, -0.2) is 21.6 Å². The normalized spacial score (nSPS) is 12.4. The number of para-hydroxylation sites is 2. The first kappa shape index (κ1) is 17.9. The molecule has 1 aliphatic heterocycles. The summed E-state index contributed by atoms with van der Waals surface area (Å²) in [7, 11) is 0. The van der Waals surface area contributed by atoms with Crippen LogP contribution in [-0.2, 0) is 4.79 Å². The number of nitrogens with zero attached hydrogens (tertiary/aromatic N) is 2. The third kappa shape index (κ3) is 3.40. The van der Waals surface area contributed by atoms with Crippen molar-refractivity contribution in [1.82, 2.24) is 9.97 Å². The van der Waals surface area contributed by atoms with Crippen LogP contribution in [0.2, 0.25) is 0 Å². The summed E-state index contributed by atoms with van der Waals surface area (Å²) in [6.07, 6.45) is 0. The molecule has 0 saturated carbocycles. The van der Waals surface area contributed by atoms with Crippen molar-refractivity contribution < 1.29 is 4.79 Å². The van der Waals surface area contributed by atoms with Crippen molar-refractivity contribution in [3.63, 3.8) is 0 Å². The highest BCUT2D eigenvalue weighted by Gasteiger charge is 2.27. The molecule has 1 aromatic heterocycles. The van der Waals surface area contributed by atoms with E-state index in [4.69, 9.17) is 0 Å². The summed E-state index contributed by atoms with van der Waals surface area (Å²) >= 11 is 2.91. The van der Waals surface area contributed by atoms with Gasteiger partial charge in [-0.05, 0) is 38.1 Å². The Balaban J connectivity index is 1.63. The molecule has 0 saturated heterocycles. The van der Waals surface area contributed by atoms with Crippen LogP contribution < -0.4 is 10.5 Å². The zero-order valence-electron chi connectivity index (χ0n) is 14.9. The number of thioether (sulfide) groups is 1. The van der Waals surface area contributed by atoms with Crippen molar-refractivity contribution in [3.05, 3.63) is 70.1 Å². The van der Waals surface area contributed by atoms with E-state index in [1.165, 1.54) is 11.8 Å². The summed E-state index contributed by atoms with van der Waals surface area (Å²) in [6, 6.07) is 15.8. The van der Waals surface area contributed by atoms with Crippen molar-refractivity contribution in [2.45, 2.75) is 28.8 Å². The lowest BCUT2D eigenvalue weighted by Gasteiger charge is -2.30. The van der Waals surface area contributed by atoms with Crippen LogP contribution in [0.15, 0.2) is 68.3 Å². The molecule has 2 heterocycles. The lowest BCUT2D eigenvalue weighted by molar-refractivity contribution is -0.115. The number of H-pyrrole nitrogens is 1. The van der Waals surface area contributed by atoms with E-state index in [-0.39, 0.29) is 17.2 Å². The number of benzene rings is 2. The second-order valence-electron chi connectivity index (χ2n) is 6.14. The summed E-state index contributed by atoms with van der Waals surface area (Å²) in [5, 5.41) is 0.462. The highest BCUT2D eigenvalue weighted by molar-refractivity contribution is 8.00. The van der Waals surface area contributed by atoms with Gasteiger partial charge >= 0.3 is 0 Å². The van der Waals surface area contributed by atoms with Crippen LogP contribution in [0.3, 0.4) is 0 Å². The zero-order valence-corrected chi connectivity index (χ0v) is 16.5. The molecule has 0 atom stereocenters. The van der Waals surface area contributed by atoms with Crippen molar-refractivity contribution >= 4 is 40.8 Å². The Hall–Kier alpha value is -2.51. The van der Waals surface area contributed by atoms with E-state index in [1.54, 1.807) is 30.5 Å². The molecule has 4 rings (SSSR count). The topological polar surface area (TPSA) is 66.1 Å². The van der Waals surface area contributed by atoms with Gasteiger partial charge in [-0.15, -0.1) is 0 Å². The minimum Gasteiger partial charge on any atom is -0.301 e. The second kappa shape index (κ2) is 7.25. The van der Waals surface area contributed by atoms with Gasteiger partial charge in [0, 0.05) is 21.0 Å². The molecular formula is C20H17N3O2S2. The molecule has 1 amide bonds. The number of anilines is 2. The largest absolute Gasteiger partial charge is 0.301 e. The summed E-state index contributed by atoms with van der Waals surface area (Å²) < 4.78 is 0. The van der Waals surface area contributed by atoms with Crippen molar-refractivity contribution in [1.29, 1.82) is 0 Å². The Morgan fingerprint density at radius 1 is 1.07 bits per heavy atom. The van der Waals surface area contributed by atoms with Crippen LogP contribution in [0.5, 0.6) is 0 Å². The summed E-state index contributed by atoms with van der Waals surface area (Å²) in [4.78, 5) is 36.0. The summed E-state index contributed by atoms with van der Waals surface area (Å²) in [6.45, 7) is 3.53. The molecule has 0 radical (unpaired) electrons. The van der Waals surface area contributed by atoms with Crippen LogP contribution in [0, 0.1) is 13.8 Å². The number of hydrogen-bond donors (Lipinski definition) is 1. The number of carbonyl (C=O) groups is 1. The lowest BCUT2D eigenvalue weighted by Crippen LogP contribution is -2.30. The molecule has 2 aromatic carbocycles. The van der Waals surface area contributed by atoms with Crippen molar-refractivity contribution in [2.24, 2.45) is 0 Å². The fourth-order valence-corrected chi connectivity index (χ4v) is 4.67. The van der Waals surface area contributed by atoms with Crippen LogP contribution in [0.25, 0.3) is 0 Å². The number of carbonyl (C=O) groups excluding carboxylic acids is 1. The molecule has 27 heavy (non-hydrogen) atoms. The Morgan fingerprint density at radius 2 is 1.67 bits per heavy atom. The van der Waals surface area contributed by atoms with Crippen molar-refractivity contribution in [2.75, 3.05) is 10.7 Å². The van der Waals surface area contributed by atoms with Crippen LogP contribution >= 0.6 is 23.5 Å². The third-order valence-electron chi connectivity index (χ3n) is 4.39. The molecule has 0 aliphatic carbocycles. The van der Waals surface area contributed by atoms with E-state index in [1.807, 2.05) is 48.5 Å². The van der Waals surface area contributed by atoms with Gasteiger partial charge < -0.3 is 4.98 Å². The first-order valence-corrected chi connectivity index (χ1v) is 10.2. The second-order valence-corrected chi connectivity index (χ2v) is 8.18. The Bertz CT molecular complexity index is 1050. The maximum absolute atomic E-state index is 13.1. The third-order valence-corrected chi connectivity index (χ3v) is 6.38. The number of fused-ring (bicyclic) bond motifs is 2. The molecule has 0 fully saturated rings. The number of rotatable bonds is 3. The fraction of sp³-hybridized carbons (Fsp3) is 0.150. The van der Waals surface area contributed by atoms with E-state index < -0.39 is 0 Å². The molecule has 0 bridgehead atoms. The number of aryl methyl sites for hydroxylation is 1. The SMILES string of the molecule is Cc1nc(SCC(=O)N2c3ccccc3Sc3ccccc32)[nH]c(=O)c1C. The molecule has 136 valence electrons. The quantitative estimate of drug-likeness (QED) is 0.529. The molecule has 5 nitrogen and oxygen atoms in total. The van der Waals surface area contributed by atoms with Gasteiger partial charge in [0.2, 0.25) is 5.91 Å². The predicted octanol–water partition coefficient (Wildman–Crippen LogP) is 4.31. The average molecular weight is 396 g/mol. The number of amides is 1. The highest BCUT2D eigenvalue weighted by atomic mass is 32.2. The van der Waals surface area contributed by atoms with E-state index in [9.17, 15) is 9.59 Å². The van der Waals surface area contributed by atoms with Gasteiger partial charge in [-0.1, -0.05) is 47.8 Å². The number of aromatic nitrogens is 2. The van der Waals surface area contributed by atoms with Gasteiger partial charge in [-0.3, -0.25) is 14.5 Å². The first-order chi connectivity index (χ1) is 13.0. The maximum atomic E-state index is 13.1. The Morgan fingerprint density at radius 3 is 2.26 bits per heavy atom. The molecule has 0 unspecified atom stereocenters. The number of nitrogens with one attached hydrogen (secondary N) is 1. The zero-order chi connectivity index (χ0) is 19.0. The van der Waals surface area contributed by atoms with Gasteiger partial charge in [0.1, 0.15) is 0 Å². The molecule has 0 spiro atoms. The molecule has 7 heteroatoms. The summed E-state index contributed by atoms with van der Waals surface area (Å²) in [5.74, 6) is 0.125. The fourth-order valence-electron chi connectivity index (χ4n) is 2.86. The summed E-state index contributed by atoms with van der Waals surface area (Å²) in [5.41, 5.74) is 2.88.